The van der Waals surface area contributed by atoms with E-state index in [2.05, 4.69) is 54.6 Å². The molecule has 160 valence electrons. The van der Waals surface area contributed by atoms with Crippen LogP contribution in [0.1, 0.15) is 58.4 Å². The van der Waals surface area contributed by atoms with E-state index in [1.165, 1.54) is 5.56 Å². The highest BCUT2D eigenvalue weighted by molar-refractivity contribution is 5.28. The number of aromatic nitrogens is 2. The minimum absolute atomic E-state index is 0.134. The van der Waals surface area contributed by atoms with E-state index in [0.29, 0.717) is 0 Å². The van der Waals surface area contributed by atoms with Gasteiger partial charge in [0.2, 0.25) is 0 Å². The first-order valence-corrected chi connectivity index (χ1v) is 11.1. The molecule has 0 N–H and O–H groups in total. The van der Waals surface area contributed by atoms with Crippen molar-refractivity contribution in [3.8, 4) is 5.75 Å². The molecular formula is C24H36N2O3. The van der Waals surface area contributed by atoms with Gasteiger partial charge in [0.05, 0.1) is 26.1 Å². The van der Waals surface area contributed by atoms with Crippen molar-refractivity contribution < 1.29 is 14.2 Å². The molecule has 1 saturated heterocycles. The molecule has 1 aromatic heterocycles. The van der Waals surface area contributed by atoms with Crippen LogP contribution < -0.4 is 4.74 Å². The van der Waals surface area contributed by atoms with Crippen LogP contribution in [0.15, 0.2) is 43.0 Å². The third kappa shape index (κ3) is 5.83. The summed E-state index contributed by atoms with van der Waals surface area (Å²) in [4.78, 5) is 4.15. The topological polar surface area (TPSA) is 45.5 Å². The SMILES string of the molecule is CCCCOc1ccc(CC2(CCn3ccnc3)OCC(CC)(CC)CO2)cc1. The molecule has 0 amide bonds. The van der Waals surface area contributed by atoms with Gasteiger partial charge in [-0.3, -0.25) is 0 Å². The summed E-state index contributed by atoms with van der Waals surface area (Å²) in [5.74, 6) is 0.332. The lowest BCUT2D eigenvalue weighted by molar-refractivity contribution is -0.308. The smallest absolute Gasteiger partial charge is 0.174 e. The molecule has 2 aromatic rings. The molecule has 1 aliphatic rings. The molecule has 0 saturated carbocycles. The summed E-state index contributed by atoms with van der Waals surface area (Å²) in [5.41, 5.74) is 1.34. The van der Waals surface area contributed by atoms with E-state index in [0.717, 1.165) is 70.6 Å². The van der Waals surface area contributed by atoms with Crippen molar-refractivity contribution in [2.75, 3.05) is 19.8 Å². The van der Waals surface area contributed by atoms with Gasteiger partial charge < -0.3 is 18.8 Å². The normalized spacial score (nSPS) is 17.9. The average molecular weight is 401 g/mol. The van der Waals surface area contributed by atoms with Gasteiger partial charge in [0, 0.05) is 37.2 Å². The maximum Gasteiger partial charge on any atom is 0.174 e. The van der Waals surface area contributed by atoms with Gasteiger partial charge in [0.15, 0.2) is 5.79 Å². The van der Waals surface area contributed by atoms with E-state index in [4.69, 9.17) is 14.2 Å². The Labute approximate surface area is 175 Å². The number of ether oxygens (including phenoxy) is 3. The van der Waals surface area contributed by atoms with Gasteiger partial charge in [0.25, 0.3) is 0 Å². The highest BCUT2D eigenvalue weighted by atomic mass is 16.7. The Morgan fingerprint density at radius 3 is 2.38 bits per heavy atom. The molecule has 1 aliphatic heterocycles. The van der Waals surface area contributed by atoms with Crippen molar-refractivity contribution in [2.45, 2.75) is 71.6 Å². The number of hydrogen-bond acceptors (Lipinski definition) is 4. The van der Waals surface area contributed by atoms with Gasteiger partial charge in [-0.15, -0.1) is 0 Å². The van der Waals surface area contributed by atoms with E-state index < -0.39 is 5.79 Å². The van der Waals surface area contributed by atoms with Gasteiger partial charge in [-0.1, -0.05) is 39.3 Å². The van der Waals surface area contributed by atoms with Crippen LogP contribution in [0.3, 0.4) is 0 Å². The third-order valence-electron chi connectivity index (χ3n) is 6.26. The van der Waals surface area contributed by atoms with Gasteiger partial charge in [-0.05, 0) is 37.0 Å². The second-order valence-electron chi connectivity index (χ2n) is 8.27. The third-order valence-corrected chi connectivity index (χ3v) is 6.26. The van der Waals surface area contributed by atoms with Gasteiger partial charge in [-0.25, -0.2) is 4.98 Å². The lowest BCUT2D eigenvalue weighted by Crippen LogP contribution is -2.51. The van der Waals surface area contributed by atoms with Crippen LogP contribution in [0, 0.1) is 5.41 Å². The highest BCUT2D eigenvalue weighted by Crippen LogP contribution is 2.39. The maximum absolute atomic E-state index is 6.49. The van der Waals surface area contributed by atoms with Crippen LogP contribution in [0.2, 0.25) is 0 Å². The summed E-state index contributed by atoms with van der Waals surface area (Å²) >= 11 is 0. The van der Waals surface area contributed by atoms with Crippen LogP contribution >= 0.6 is 0 Å². The van der Waals surface area contributed by atoms with Crippen molar-refractivity contribution in [1.82, 2.24) is 9.55 Å². The predicted octanol–water partition coefficient (Wildman–Crippen LogP) is 5.24. The first kappa shape index (κ1) is 21.8. The first-order valence-electron chi connectivity index (χ1n) is 11.1. The van der Waals surface area contributed by atoms with Crippen molar-refractivity contribution in [3.63, 3.8) is 0 Å². The number of benzene rings is 1. The molecule has 0 unspecified atom stereocenters. The van der Waals surface area contributed by atoms with Crippen molar-refractivity contribution in [3.05, 3.63) is 48.5 Å². The predicted molar refractivity (Wildman–Crippen MR) is 115 cm³/mol. The van der Waals surface area contributed by atoms with E-state index in [1.807, 2.05) is 18.7 Å². The summed E-state index contributed by atoms with van der Waals surface area (Å²) in [6.07, 6.45) is 11.5. The highest BCUT2D eigenvalue weighted by Gasteiger charge is 2.43. The molecule has 5 nitrogen and oxygen atoms in total. The van der Waals surface area contributed by atoms with Crippen molar-refractivity contribution in [1.29, 1.82) is 0 Å². The summed E-state index contributed by atoms with van der Waals surface area (Å²) in [6, 6.07) is 8.38. The monoisotopic (exact) mass is 400 g/mol. The number of aryl methyl sites for hydroxylation is 1. The van der Waals surface area contributed by atoms with Crippen molar-refractivity contribution in [2.24, 2.45) is 5.41 Å². The molecule has 0 atom stereocenters. The maximum atomic E-state index is 6.49. The Bertz CT molecular complexity index is 698. The van der Waals surface area contributed by atoms with E-state index in [9.17, 15) is 0 Å². The fraction of sp³-hybridized carbons (Fsp3) is 0.625. The second-order valence-corrected chi connectivity index (χ2v) is 8.27. The summed E-state index contributed by atoms with van der Waals surface area (Å²) in [5, 5.41) is 0. The molecule has 1 aromatic carbocycles. The summed E-state index contributed by atoms with van der Waals surface area (Å²) in [7, 11) is 0. The molecule has 0 spiro atoms. The number of nitrogens with zero attached hydrogens (tertiary/aromatic N) is 2. The molecule has 0 aliphatic carbocycles. The van der Waals surface area contributed by atoms with Gasteiger partial charge >= 0.3 is 0 Å². The summed E-state index contributed by atoms with van der Waals surface area (Å²) < 4.78 is 20.9. The fourth-order valence-electron chi connectivity index (χ4n) is 3.71. The number of hydrogen-bond donors (Lipinski definition) is 0. The van der Waals surface area contributed by atoms with Crippen molar-refractivity contribution >= 4 is 0 Å². The van der Waals surface area contributed by atoms with Gasteiger partial charge in [0.1, 0.15) is 5.75 Å². The zero-order valence-corrected chi connectivity index (χ0v) is 18.2. The van der Waals surface area contributed by atoms with Crippen LogP contribution in [0.5, 0.6) is 5.75 Å². The molecule has 3 rings (SSSR count). The van der Waals surface area contributed by atoms with E-state index in [1.54, 1.807) is 0 Å². The summed E-state index contributed by atoms with van der Waals surface area (Å²) in [6.45, 7) is 9.73. The molecule has 0 radical (unpaired) electrons. The fourth-order valence-corrected chi connectivity index (χ4v) is 3.71. The molecule has 0 bridgehead atoms. The van der Waals surface area contributed by atoms with Crippen LogP contribution in [0.25, 0.3) is 0 Å². The number of unbranched alkanes of at least 4 members (excludes halogenated alkanes) is 1. The van der Waals surface area contributed by atoms with Gasteiger partial charge in [-0.2, -0.15) is 0 Å². The Balaban J connectivity index is 1.68. The Morgan fingerprint density at radius 1 is 1.07 bits per heavy atom. The first-order chi connectivity index (χ1) is 14.1. The Hall–Kier alpha value is -1.85. The number of rotatable bonds is 11. The molecule has 29 heavy (non-hydrogen) atoms. The minimum Gasteiger partial charge on any atom is -0.494 e. The zero-order valence-electron chi connectivity index (χ0n) is 18.2. The largest absolute Gasteiger partial charge is 0.494 e. The van der Waals surface area contributed by atoms with Crippen LogP contribution in [-0.2, 0) is 22.4 Å². The van der Waals surface area contributed by atoms with Crippen LogP contribution in [-0.4, -0.2) is 35.2 Å². The molecular weight excluding hydrogens is 364 g/mol. The second kappa shape index (κ2) is 10.3. The van der Waals surface area contributed by atoms with E-state index in [-0.39, 0.29) is 5.41 Å². The number of imidazole rings is 1. The standard InChI is InChI=1S/C24H36N2O3/c1-4-7-16-27-22-10-8-21(9-11-22)17-24(12-14-26-15-13-25-20-26)28-18-23(5-2,6-3)19-29-24/h8-11,13,15,20H,4-7,12,14,16-19H2,1-3H3. The lowest BCUT2D eigenvalue weighted by atomic mass is 9.82. The molecule has 2 heterocycles. The average Bonchev–Trinajstić information content (AvgIpc) is 3.29. The minimum atomic E-state index is -0.595. The van der Waals surface area contributed by atoms with E-state index >= 15 is 0 Å². The Kier molecular flexibility index (Phi) is 7.73. The van der Waals surface area contributed by atoms with Crippen LogP contribution in [0.4, 0.5) is 0 Å². The molecule has 5 heteroatoms. The zero-order chi connectivity index (χ0) is 20.6. The quantitative estimate of drug-likeness (QED) is 0.484. The lowest BCUT2D eigenvalue weighted by Gasteiger charge is -2.46. The Morgan fingerprint density at radius 2 is 1.79 bits per heavy atom. The molecule has 1 fully saturated rings.